The molecule has 0 atom stereocenters. The molecule has 0 aromatic heterocycles. The van der Waals surface area contributed by atoms with Crippen LogP contribution >= 0.6 is 0 Å². The van der Waals surface area contributed by atoms with Gasteiger partial charge < -0.3 is 15.8 Å². The molecule has 110 valence electrons. The highest BCUT2D eigenvalue weighted by Crippen LogP contribution is 2.28. The molecule has 1 aliphatic heterocycles. The summed E-state index contributed by atoms with van der Waals surface area (Å²) < 4.78 is 0. The summed E-state index contributed by atoms with van der Waals surface area (Å²) in [6, 6.07) is 6.13. The summed E-state index contributed by atoms with van der Waals surface area (Å²) >= 11 is 0. The lowest BCUT2D eigenvalue weighted by atomic mass is 9.86. The molecule has 0 radical (unpaired) electrons. The van der Waals surface area contributed by atoms with Crippen LogP contribution in [0.1, 0.15) is 37.8 Å². The van der Waals surface area contributed by atoms with Gasteiger partial charge in [0.1, 0.15) is 0 Å². The third-order valence-corrected chi connectivity index (χ3v) is 4.44. The lowest BCUT2D eigenvalue weighted by Gasteiger charge is -2.35. The first-order chi connectivity index (χ1) is 9.52. The Balaban J connectivity index is 2.10. The lowest BCUT2D eigenvalue weighted by Crippen LogP contribution is -2.35. The standard InChI is InChI=1S/C16H25N3O/c1-11(2)13-6-8-19(9-7-13)14-4-5-15(12(3)10-14)16(17)18-20/h4-5,10-11,13,20H,6-9H2,1-3H3,(H2,17,18). The summed E-state index contributed by atoms with van der Waals surface area (Å²) in [7, 11) is 0. The molecule has 0 spiro atoms. The van der Waals surface area contributed by atoms with E-state index in [4.69, 9.17) is 10.9 Å². The summed E-state index contributed by atoms with van der Waals surface area (Å²) in [5, 5.41) is 11.8. The molecule has 1 aliphatic rings. The predicted molar refractivity (Wildman–Crippen MR) is 83.5 cm³/mol. The number of anilines is 1. The summed E-state index contributed by atoms with van der Waals surface area (Å²) in [5.41, 5.74) is 8.74. The number of nitrogens with zero attached hydrogens (tertiary/aromatic N) is 2. The number of amidine groups is 1. The van der Waals surface area contributed by atoms with Crippen LogP contribution in [0.15, 0.2) is 23.4 Å². The van der Waals surface area contributed by atoms with Crippen LogP contribution in [0, 0.1) is 18.8 Å². The second-order valence-electron chi connectivity index (χ2n) is 6.05. The fourth-order valence-electron chi connectivity index (χ4n) is 3.01. The van der Waals surface area contributed by atoms with E-state index >= 15 is 0 Å². The smallest absolute Gasteiger partial charge is 0.170 e. The van der Waals surface area contributed by atoms with Gasteiger partial charge in [-0.1, -0.05) is 19.0 Å². The molecule has 0 amide bonds. The third kappa shape index (κ3) is 3.06. The van der Waals surface area contributed by atoms with E-state index in [0.29, 0.717) is 0 Å². The maximum Gasteiger partial charge on any atom is 0.170 e. The Morgan fingerprint density at radius 3 is 2.50 bits per heavy atom. The number of oxime groups is 1. The molecular weight excluding hydrogens is 250 g/mol. The summed E-state index contributed by atoms with van der Waals surface area (Å²) in [6.07, 6.45) is 2.53. The largest absolute Gasteiger partial charge is 0.409 e. The van der Waals surface area contributed by atoms with Crippen molar-refractivity contribution in [2.45, 2.75) is 33.6 Å². The summed E-state index contributed by atoms with van der Waals surface area (Å²) in [5.74, 6) is 1.80. The first kappa shape index (κ1) is 14.7. The first-order valence-electron chi connectivity index (χ1n) is 7.36. The predicted octanol–water partition coefficient (Wildman–Crippen LogP) is 2.96. The molecule has 1 aromatic carbocycles. The van der Waals surface area contributed by atoms with Crippen LogP contribution in [-0.2, 0) is 0 Å². The molecule has 2 rings (SSSR count). The fourth-order valence-corrected chi connectivity index (χ4v) is 3.01. The number of piperidine rings is 1. The number of benzene rings is 1. The van der Waals surface area contributed by atoms with Gasteiger partial charge in [0.25, 0.3) is 0 Å². The van der Waals surface area contributed by atoms with Crippen molar-refractivity contribution < 1.29 is 5.21 Å². The van der Waals surface area contributed by atoms with Crippen molar-refractivity contribution in [1.29, 1.82) is 0 Å². The molecule has 4 nitrogen and oxygen atoms in total. The molecule has 4 heteroatoms. The van der Waals surface area contributed by atoms with Gasteiger partial charge in [-0.05, 0) is 55.4 Å². The Bertz CT molecular complexity index is 488. The number of aryl methyl sites for hydroxylation is 1. The van der Waals surface area contributed by atoms with Gasteiger partial charge in [0.15, 0.2) is 5.84 Å². The van der Waals surface area contributed by atoms with E-state index in [-0.39, 0.29) is 5.84 Å². The van der Waals surface area contributed by atoms with Crippen LogP contribution in [0.4, 0.5) is 5.69 Å². The van der Waals surface area contributed by atoms with Crippen LogP contribution in [0.3, 0.4) is 0 Å². The van der Waals surface area contributed by atoms with Crippen molar-refractivity contribution in [2.24, 2.45) is 22.7 Å². The molecule has 0 unspecified atom stereocenters. The van der Waals surface area contributed by atoms with Gasteiger partial charge in [0.2, 0.25) is 0 Å². The molecule has 1 fully saturated rings. The Morgan fingerprint density at radius 2 is 2.00 bits per heavy atom. The number of hydrogen-bond acceptors (Lipinski definition) is 3. The highest BCUT2D eigenvalue weighted by molar-refractivity contribution is 5.98. The zero-order chi connectivity index (χ0) is 14.7. The van der Waals surface area contributed by atoms with E-state index in [1.807, 2.05) is 13.0 Å². The van der Waals surface area contributed by atoms with Crippen LogP contribution < -0.4 is 10.6 Å². The zero-order valence-electron chi connectivity index (χ0n) is 12.6. The van der Waals surface area contributed by atoms with E-state index in [1.165, 1.54) is 18.5 Å². The Morgan fingerprint density at radius 1 is 1.35 bits per heavy atom. The first-order valence-corrected chi connectivity index (χ1v) is 7.36. The highest BCUT2D eigenvalue weighted by atomic mass is 16.4. The monoisotopic (exact) mass is 275 g/mol. The maximum absolute atomic E-state index is 8.76. The van der Waals surface area contributed by atoms with Crippen LogP contribution in [0.25, 0.3) is 0 Å². The van der Waals surface area contributed by atoms with Crippen molar-refractivity contribution in [2.75, 3.05) is 18.0 Å². The molecule has 0 saturated carbocycles. The molecule has 20 heavy (non-hydrogen) atoms. The fraction of sp³-hybridized carbons (Fsp3) is 0.562. The van der Waals surface area contributed by atoms with Crippen molar-refractivity contribution >= 4 is 11.5 Å². The number of nitrogens with two attached hydrogens (primary N) is 1. The number of hydrogen-bond donors (Lipinski definition) is 2. The van der Waals surface area contributed by atoms with Crippen LogP contribution in [-0.4, -0.2) is 24.1 Å². The van der Waals surface area contributed by atoms with Gasteiger partial charge >= 0.3 is 0 Å². The average molecular weight is 275 g/mol. The summed E-state index contributed by atoms with van der Waals surface area (Å²) in [6.45, 7) is 8.86. The molecule has 1 saturated heterocycles. The summed E-state index contributed by atoms with van der Waals surface area (Å²) in [4.78, 5) is 2.43. The van der Waals surface area contributed by atoms with Crippen molar-refractivity contribution in [1.82, 2.24) is 0 Å². The van der Waals surface area contributed by atoms with Gasteiger partial charge in [-0.25, -0.2) is 0 Å². The molecule has 0 aliphatic carbocycles. The molecule has 1 heterocycles. The van der Waals surface area contributed by atoms with E-state index < -0.39 is 0 Å². The third-order valence-electron chi connectivity index (χ3n) is 4.44. The SMILES string of the molecule is Cc1cc(N2CCC(C(C)C)CC2)ccc1/C(N)=N/O. The number of rotatable bonds is 3. The highest BCUT2D eigenvalue weighted by Gasteiger charge is 2.22. The molecule has 3 N–H and O–H groups in total. The topological polar surface area (TPSA) is 61.8 Å². The van der Waals surface area contributed by atoms with E-state index in [1.54, 1.807) is 0 Å². The van der Waals surface area contributed by atoms with E-state index in [0.717, 1.165) is 36.1 Å². The van der Waals surface area contributed by atoms with Crippen molar-refractivity contribution in [3.05, 3.63) is 29.3 Å². The normalized spacial score (nSPS) is 17.8. The zero-order valence-corrected chi connectivity index (χ0v) is 12.6. The Kier molecular flexibility index (Phi) is 4.53. The maximum atomic E-state index is 8.76. The second kappa shape index (κ2) is 6.16. The van der Waals surface area contributed by atoms with Gasteiger partial charge in [0, 0.05) is 24.3 Å². The van der Waals surface area contributed by atoms with Gasteiger partial charge in [-0.2, -0.15) is 0 Å². The lowest BCUT2D eigenvalue weighted by molar-refractivity contribution is 0.311. The average Bonchev–Trinajstić information content (AvgIpc) is 2.46. The minimum atomic E-state index is 0.174. The second-order valence-corrected chi connectivity index (χ2v) is 6.05. The van der Waals surface area contributed by atoms with Gasteiger partial charge in [-0.15, -0.1) is 0 Å². The van der Waals surface area contributed by atoms with Crippen molar-refractivity contribution in [3.8, 4) is 0 Å². The van der Waals surface area contributed by atoms with E-state index in [9.17, 15) is 0 Å². The van der Waals surface area contributed by atoms with Gasteiger partial charge in [0.05, 0.1) is 0 Å². The minimum Gasteiger partial charge on any atom is -0.409 e. The van der Waals surface area contributed by atoms with Crippen LogP contribution in [0.2, 0.25) is 0 Å². The van der Waals surface area contributed by atoms with E-state index in [2.05, 4.69) is 36.0 Å². The van der Waals surface area contributed by atoms with Crippen LogP contribution in [0.5, 0.6) is 0 Å². The molecular formula is C16H25N3O. The Hall–Kier alpha value is -1.71. The Labute approximate surface area is 121 Å². The minimum absolute atomic E-state index is 0.174. The van der Waals surface area contributed by atoms with Gasteiger partial charge in [-0.3, -0.25) is 0 Å². The molecule has 0 bridgehead atoms. The quantitative estimate of drug-likeness (QED) is 0.386. The van der Waals surface area contributed by atoms with Crippen molar-refractivity contribution in [3.63, 3.8) is 0 Å². The molecule has 1 aromatic rings.